The summed E-state index contributed by atoms with van der Waals surface area (Å²) >= 11 is 0. The number of carbonyl (C=O) groups is 1. The van der Waals surface area contributed by atoms with E-state index in [1.165, 1.54) is 26.4 Å². The van der Waals surface area contributed by atoms with Gasteiger partial charge in [0.2, 0.25) is 0 Å². The van der Waals surface area contributed by atoms with Crippen LogP contribution < -0.4 is 9.47 Å². The van der Waals surface area contributed by atoms with Gasteiger partial charge in [0.15, 0.2) is 11.5 Å². The van der Waals surface area contributed by atoms with Crippen molar-refractivity contribution in [1.29, 1.82) is 0 Å². The molecule has 0 amide bonds. The number of ether oxygens (including phenoxy) is 4. The highest BCUT2D eigenvalue weighted by Crippen LogP contribution is 2.34. The zero-order valence-corrected chi connectivity index (χ0v) is 13.2. The van der Waals surface area contributed by atoms with Gasteiger partial charge in [0.25, 0.3) is 5.69 Å². The standard InChI is InChI=1S/C14H19NO7/c1-14(2,3)22-13(16)21-8-9-6-11(19-4)12(20-5)7-10(9)15(17)18/h6-7H,8H2,1-5H3. The molecule has 0 N–H and O–H groups in total. The number of hydrogen-bond donors (Lipinski definition) is 0. The lowest BCUT2D eigenvalue weighted by atomic mass is 10.1. The first-order valence-electron chi connectivity index (χ1n) is 6.43. The Kier molecular flexibility index (Phi) is 5.56. The lowest BCUT2D eigenvalue weighted by molar-refractivity contribution is -0.385. The first-order valence-corrected chi connectivity index (χ1v) is 6.43. The Hall–Kier alpha value is -2.51. The van der Waals surface area contributed by atoms with Crippen molar-refractivity contribution in [1.82, 2.24) is 0 Å². The summed E-state index contributed by atoms with van der Waals surface area (Å²) in [7, 11) is 2.78. The lowest BCUT2D eigenvalue weighted by Crippen LogP contribution is -2.24. The molecule has 0 aliphatic rings. The molecular formula is C14H19NO7. The second kappa shape index (κ2) is 6.97. The zero-order chi connectivity index (χ0) is 16.9. The largest absolute Gasteiger partial charge is 0.509 e. The Labute approximate surface area is 128 Å². The van der Waals surface area contributed by atoms with Gasteiger partial charge in [-0.1, -0.05) is 0 Å². The summed E-state index contributed by atoms with van der Waals surface area (Å²) < 4.78 is 20.0. The topological polar surface area (TPSA) is 97.1 Å². The minimum absolute atomic E-state index is 0.175. The molecular weight excluding hydrogens is 294 g/mol. The van der Waals surface area contributed by atoms with Gasteiger partial charge >= 0.3 is 6.16 Å². The van der Waals surface area contributed by atoms with Crippen molar-refractivity contribution in [2.45, 2.75) is 33.0 Å². The number of methoxy groups -OCH3 is 2. The molecule has 122 valence electrons. The quantitative estimate of drug-likeness (QED) is 0.468. The number of carbonyl (C=O) groups excluding carboxylic acids is 1. The van der Waals surface area contributed by atoms with E-state index in [1.807, 2.05) is 0 Å². The fourth-order valence-electron chi connectivity index (χ4n) is 1.61. The van der Waals surface area contributed by atoms with Crippen molar-refractivity contribution in [3.8, 4) is 11.5 Å². The van der Waals surface area contributed by atoms with Crippen LogP contribution in [0.4, 0.5) is 10.5 Å². The minimum Gasteiger partial charge on any atom is -0.493 e. The number of nitro groups is 1. The fourth-order valence-corrected chi connectivity index (χ4v) is 1.61. The number of rotatable bonds is 5. The van der Waals surface area contributed by atoms with Crippen LogP contribution in [0.25, 0.3) is 0 Å². The molecule has 1 aromatic carbocycles. The highest BCUT2D eigenvalue weighted by Gasteiger charge is 2.22. The van der Waals surface area contributed by atoms with Crippen LogP contribution in [0.1, 0.15) is 26.3 Å². The lowest BCUT2D eigenvalue weighted by Gasteiger charge is -2.19. The Morgan fingerprint density at radius 1 is 1.18 bits per heavy atom. The highest BCUT2D eigenvalue weighted by molar-refractivity contribution is 5.61. The van der Waals surface area contributed by atoms with Crippen molar-refractivity contribution in [2.75, 3.05) is 14.2 Å². The van der Waals surface area contributed by atoms with E-state index in [-0.39, 0.29) is 23.6 Å². The predicted molar refractivity (Wildman–Crippen MR) is 77.2 cm³/mol. The molecule has 1 aromatic rings. The molecule has 1 rings (SSSR count). The molecule has 0 unspecified atom stereocenters. The van der Waals surface area contributed by atoms with Crippen LogP contribution in [0, 0.1) is 10.1 Å². The summed E-state index contributed by atoms with van der Waals surface area (Å²) in [6.07, 6.45) is -0.906. The van der Waals surface area contributed by atoms with E-state index in [1.54, 1.807) is 20.8 Å². The summed E-state index contributed by atoms with van der Waals surface area (Å²) in [5.74, 6) is 0.520. The van der Waals surface area contributed by atoms with Gasteiger partial charge in [-0.25, -0.2) is 4.79 Å². The maximum Gasteiger partial charge on any atom is 0.509 e. The van der Waals surface area contributed by atoms with E-state index in [9.17, 15) is 14.9 Å². The number of hydrogen-bond acceptors (Lipinski definition) is 7. The molecule has 0 aromatic heterocycles. The van der Waals surface area contributed by atoms with E-state index in [4.69, 9.17) is 18.9 Å². The summed E-state index contributed by atoms with van der Waals surface area (Å²) in [6.45, 7) is 4.75. The molecule has 0 bridgehead atoms. The van der Waals surface area contributed by atoms with Gasteiger partial charge in [0, 0.05) is 0 Å². The second-order valence-corrected chi connectivity index (χ2v) is 5.35. The molecule has 0 fully saturated rings. The van der Waals surface area contributed by atoms with Crippen molar-refractivity contribution >= 4 is 11.8 Å². The van der Waals surface area contributed by atoms with Crippen LogP contribution in [-0.4, -0.2) is 30.9 Å². The number of benzene rings is 1. The van der Waals surface area contributed by atoms with Crippen molar-refractivity contribution < 1.29 is 28.7 Å². The van der Waals surface area contributed by atoms with Gasteiger partial charge in [-0.15, -0.1) is 0 Å². The Bertz CT molecular complexity index is 563. The van der Waals surface area contributed by atoms with Gasteiger partial charge in [-0.2, -0.15) is 0 Å². The van der Waals surface area contributed by atoms with Crippen LogP contribution in [-0.2, 0) is 16.1 Å². The monoisotopic (exact) mass is 313 g/mol. The van der Waals surface area contributed by atoms with Crippen LogP contribution in [0.3, 0.4) is 0 Å². The molecule has 0 atom stereocenters. The summed E-state index contributed by atoms with van der Waals surface area (Å²) in [5, 5.41) is 11.1. The third-order valence-electron chi connectivity index (χ3n) is 2.52. The molecule has 8 heteroatoms. The smallest absolute Gasteiger partial charge is 0.493 e. The first kappa shape index (κ1) is 17.5. The highest BCUT2D eigenvalue weighted by atomic mass is 16.7. The third-order valence-corrected chi connectivity index (χ3v) is 2.52. The van der Waals surface area contributed by atoms with E-state index in [0.29, 0.717) is 5.75 Å². The van der Waals surface area contributed by atoms with Gasteiger partial charge in [-0.05, 0) is 26.8 Å². The molecule has 0 radical (unpaired) electrons. The van der Waals surface area contributed by atoms with E-state index in [2.05, 4.69) is 0 Å². The molecule has 0 aliphatic carbocycles. The van der Waals surface area contributed by atoms with Gasteiger partial charge in [-0.3, -0.25) is 10.1 Å². The molecule has 0 saturated heterocycles. The van der Waals surface area contributed by atoms with Gasteiger partial charge in [0.1, 0.15) is 12.2 Å². The average molecular weight is 313 g/mol. The van der Waals surface area contributed by atoms with E-state index >= 15 is 0 Å². The van der Waals surface area contributed by atoms with Crippen LogP contribution in [0.2, 0.25) is 0 Å². The molecule has 0 spiro atoms. The molecule has 0 heterocycles. The van der Waals surface area contributed by atoms with E-state index < -0.39 is 16.7 Å². The number of nitrogens with zero attached hydrogens (tertiary/aromatic N) is 1. The predicted octanol–water partition coefficient (Wildman–Crippen LogP) is 3.06. The average Bonchev–Trinajstić information content (AvgIpc) is 2.41. The van der Waals surface area contributed by atoms with Gasteiger partial charge in [0.05, 0.1) is 30.8 Å². The minimum atomic E-state index is -0.906. The van der Waals surface area contributed by atoms with E-state index in [0.717, 1.165) is 0 Å². The third kappa shape index (κ3) is 4.80. The summed E-state index contributed by atoms with van der Waals surface area (Å²) in [6, 6.07) is 2.61. The zero-order valence-electron chi connectivity index (χ0n) is 13.2. The van der Waals surface area contributed by atoms with Crippen molar-refractivity contribution in [2.24, 2.45) is 0 Å². The fraction of sp³-hybridized carbons (Fsp3) is 0.500. The molecule has 0 saturated carbocycles. The Morgan fingerprint density at radius 2 is 1.73 bits per heavy atom. The van der Waals surface area contributed by atoms with Crippen LogP contribution in [0.15, 0.2) is 12.1 Å². The van der Waals surface area contributed by atoms with Crippen LogP contribution in [0.5, 0.6) is 11.5 Å². The van der Waals surface area contributed by atoms with Gasteiger partial charge < -0.3 is 18.9 Å². The first-order chi connectivity index (χ1) is 10.2. The maximum absolute atomic E-state index is 11.5. The summed E-state index contributed by atoms with van der Waals surface area (Å²) in [4.78, 5) is 22.0. The van der Waals surface area contributed by atoms with Crippen molar-refractivity contribution in [3.63, 3.8) is 0 Å². The maximum atomic E-state index is 11.5. The Morgan fingerprint density at radius 3 is 2.18 bits per heavy atom. The molecule has 22 heavy (non-hydrogen) atoms. The number of nitro benzene ring substituents is 1. The summed E-state index contributed by atoms with van der Waals surface area (Å²) in [5.41, 5.74) is -0.768. The molecule has 8 nitrogen and oxygen atoms in total. The SMILES string of the molecule is COc1cc(COC(=O)OC(C)(C)C)c([N+](=O)[O-])cc1OC. The normalized spacial score (nSPS) is 10.8. The molecule has 0 aliphatic heterocycles. The van der Waals surface area contributed by atoms with Crippen LogP contribution >= 0.6 is 0 Å². The van der Waals surface area contributed by atoms with Crippen molar-refractivity contribution in [3.05, 3.63) is 27.8 Å². The second-order valence-electron chi connectivity index (χ2n) is 5.35. The Balaban J connectivity index is 2.98.